The molecule has 0 aromatic rings. The summed E-state index contributed by atoms with van der Waals surface area (Å²) < 4.78 is 5.33. The Hall–Kier alpha value is -1.05. The average Bonchev–Trinajstić information content (AvgIpc) is 2.13. The third-order valence-corrected chi connectivity index (χ3v) is 2.33. The normalized spacial score (nSPS) is 14.5. The molecule has 0 aliphatic rings. The lowest BCUT2D eigenvalue weighted by Gasteiger charge is -2.22. The number of ether oxygens (including phenoxy) is 1. The van der Waals surface area contributed by atoms with Gasteiger partial charge in [-0.05, 0) is 41.0 Å². The molecule has 0 bridgehead atoms. The maximum absolute atomic E-state index is 11.8. The van der Waals surface area contributed by atoms with E-state index in [4.69, 9.17) is 4.74 Å². The highest BCUT2D eigenvalue weighted by molar-refractivity contribution is 5.75. The zero-order valence-corrected chi connectivity index (χ0v) is 11.4. The predicted molar refractivity (Wildman–Crippen MR) is 68.2 cm³/mol. The molecule has 0 fully saturated rings. The van der Waals surface area contributed by atoms with E-state index in [0.29, 0.717) is 0 Å². The number of rotatable bonds is 4. The molecule has 2 heteroatoms. The van der Waals surface area contributed by atoms with Gasteiger partial charge in [0.2, 0.25) is 0 Å². The maximum Gasteiger partial charge on any atom is 0.313 e. The van der Waals surface area contributed by atoms with Crippen LogP contribution in [0.2, 0.25) is 0 Å². The molecule has 0 aliphatic carbocycles. The molecule has 0 aliphatic heterocycles. The summed E-state index contributed by atoms with van der Waals surface area (Å²) in [5.41, 5.74) is 1.61. The van der Waals surface area contributed by atoms with Crippen molar-refractivity contribution in [3.05, 3.63) is 23.8 Å². The van der Waals surface area contributed by atoms with Crippen LogP contribution in [0.25, 0.3) is 0 Å². The van der Waals surface area contributed by atoms with E-state index in [1.54, 1.807) is 0 Å². The Balaban J connectivity index is 4.56. The Morgan fingerprint density at radius 1 is 1.44 bits per heavy atom. The quantitative estimate of drug-likeness (QED) is 0.535. The van der Waals surface area contributed by atoms with Gasteiger partial charge >= 0.3 is 5.97 Å². The van der Waals surface area contributed by atoms with E-state index in [2.05, 4.69) is 6.58 Å². The zero-order valence-electron chi connectivity index (χ0n) is 11.4. The fraction of sp³-hybridized carbons (Fsp3) is 0.643. The first-order valence-corrected chi connectivity index (χ1v) is 5.76. The predicted octanol–water partition coefficient (Wildman–Crippen LogP) is 3.88. The van der Waals surface area contributed by atoms with Crippen molar-refractivity contribution in [2.45, 2.75) is 53.6 Å². The van der Waals surface area contributed by atoms with Crippen LogP contribution in [0.15, 0.2) is 23.8 Å². The summed E-state index contributed by atoms with van der Waals surface area (Å²) in [6, 6.07) is 0. The van der Waals surface area contributed by atoms with E-state index >= 15 is 0 Å². The van der Waals surface area contributed by atoms with Crippen LogP contribution in [-0.2, 0) is 9.53 Å². The van der Waals surface area contributed by atoms with Crippen molar-refractivity contribution in [3.63, 3.8) is 0 Å². The Bertz CT molecular complexity index is 292. The van der Waals surface area contributed by atoms with Crippen molar-refractivity contribution in [2.75, 3.05) is 0 Å². The van der Waals surface area contributed by atoms with Gasteiger partial charge in [0, 0.05) is 0 Å². The van der Waals surface area contributed by atoms with Crippen molar-refractivity contribution in [1.29, 1.82) is 0 Å². The summed E-state index contributed by atoms with van der Waals surface area (Å²) in [5, 5.41) is 0. The highest BCUT2D eigenvalue weighted by atomic mass is 16.6. The molecule has 16 heavy (non-hydrogen) atoms. The Labute approximate surface area is 99.4 Å². The van der Waals surface area contributed by atoms with Crippen LogP contribution < -0.4 is 0 Å². The molecular formula is C14H24O2. The van der Waals surface area contributed by atoms with Gasteiger partial charge in [-0.15, -0.1) is 0 Å². The summed E-state index contributed by atoms with van der Waals surface area (Å²) >= 11 is 0. The zero-order chi connectivity index (χ0) is 12.9. The number of carbonyl (C=O) groups excluding carboxylic acids is 1. The molecule has 0 amide bonds. The summed E-state index contributed by atoms with van der Waals surface area (Å²) in [5.74, 6) is -0.382. The first kappa shape index (κ1) is 14.9. The van der Waals surface area contributed by atoms with Gasteiger partial charge in [0.25, 0.3) is 0 Å². The van der Waals surface area contributed by atoms with E-state index in [1.807, 2.05) is 47.6 Å². The summed E-state index contributed by atoms with van der Waals surface area (Å²) in [6.07, 6.45) is 2.87. The van der Waals surface area contributed by atoms with Gasteiger partial charge in [0.05, 0.1) is 5.92 Å². The molecule has 1 unspecified atom stereocenters. The summed E-state index contributed by atoms with van der Waals surface area (Å²) in [6.45, 7) is 15.4. The van der Waals surface area contributed by atoms with Crippen LogP contribution >= 0.6 is 0 Å². The monoisotopic (exact) mass is 224 g/mol. The molecular weight excluding hydrogens is 200 g/mol. The van der Waals surface area contributed by atoms with Crippen molar-refractivity contribution in [1.82, 2.24) is 0 Å². The van der Waals surface area contributed by atoms with Gasteiger partial charge in [-0.3, -0.25) is 4.79 Å². The lowest BCUT2D eigenvalue weighted by atomic mass is 9.99. The highest BCUT2D eigenvalue weighted by Crippen LogP contribution is 2.18. The molecule has 0 aromatic heterocycles. The van der Waals surface area contributed by atoms with Crippen molar-refractivity contribution < 1.29 is 9.53 Å². The van der Waals surface area contributed by atoms with Crippen LogP contribution in [0.5, 0.6) is 0 Å². The molecule has 0 heterocycles. The third kappa shape index (κ3) is 5.74. The summed E-state index contributed by atoms with van der Waals surface area (Å²) in [4.78, 5) is 11.8. The van der Waals surface area contributed by atoms with Gasteiger partial charge in [-0.25, -0.2) is 0 Å². The van der Waals surface area contributed by atoms with Gasteiger partial charge in [0.15, 0.2) is 0 Å². The second kappa shape index (κ2) is 5.88. The fourth-order valence-electron chi connectivity index (χ4n) is 1.13. The first-order chi connectivity index (χ1) is 7.17. The van der Waals surface area contributed by atoms with E-state index in [9.17, 15) is 4.79 Å². The number of esters is 1. The Morgan fingerprint density at radius 3 is 2.31 bits per heavy atom. The number of allylic oxidation sites excluding steroid dienone is 2. The molecule has 92 valence electrons. The van der Waals surface area contributed by atoms with Crippen molar-refractivity contribution >= 4 is 5.97 Å². The molecule has 0 saturated heterocycles. The minimum absolute atomic E-state index is 0.176. The largest absolute Gasteiger partial charge is 0.460 e. The first-order valence-electron chi connectivity index (χ1n) is 5.76. The standard InChI is InChI=1S/C14H24O2/c1-8-10(2)9-11(3)12(4)13(15)16-14(5,6)7/h9,12H,2,8H2,1,3-7H3. The Kier molecular flexibility index (Phi) is 5.49. The average molecular weight is 224 g/mol. The number of carbonyl (C=O) groups is 1. The van der Waals surface area contributed by atoms with Crippen molar-refractivity contribution in [2.24, 2.45) is 5.92 Å². The van der Waals surface area contributed by atoms with Gasteiger partial charge in [-0.1, -0.05) is 30.7 Å². The van der Waals surface area contributed by atoms with Gasteiger partial charge in [-0.2, -0.15) is 0 Å². The van der Waals surface area contributed by atoms with Crippen LogP contribution in [0.3, 0.4) is 0 Å². The SMILES string of the molecule is C=C(C=C(C)C(C)C(=O)OC(C)(C)C)CC. The minimum Gasteiger partial charge on any atom is -0.460 e. The molecule has 0 N–H and O–H groups in total. The smallest absolute Gasteiger partial charge is 0.313 e. The maximum atomic E-state index is 11.8. The molecule has 1 atom stereocenters. The molecule has 0 aromatic carbocycles. The lowest BCUT2D eigenvalue weighted by molar-refractivity contribution is -0.157. The van der Waals surface area contributed by atoms with Crippen LogP contribution in [-0.4, -0.2) is 11.6 Å². The second-order valence-corrected chi connectivity index (χ2v) is 5.16. The van der Waals surface area contributed by atoms with Crippen LogP contribution in [0, 0.1) is 5.92 Å². The van der Waals surface area contributed by atoms with Crippen molar-refractivity contribution in [3.8, 4) is 0 Å². The van der Waals surface area contributed by atoms with Gasteiger partial charge in [0.1, 0.15) is 5.60 Å². The highest BCUT2D eigenvalue weighted by Gasteiger charge is 2.22. The number of hydrogen-bond acceptors (Lipinski definition) is 2. The topological polar surface area (TPSA) is 26.3 Å². The van der Waals surface area contributed by atoms with E-state index in [-0.39, 0.29) is 11.9 Å². The van der Waals surface area contributed by atoms with E-state index < -0.39 is 5.60 Å². The van der Waals surface area contributed by atoms with Gasteiger partial charge < -0.3 is 4.74 Å². The lowest BCUT2D eigenvalue weighted by Crippen LogP contribution is -2.28. The van der Waals surface area contributed by atoms with Crippen LogP contribution in [0.1, 0.15) is 48.0 Å². The number of hydrogen-bond donors (Lipinski definition) is 0. The molecule has 2 nitrogen and oxygen atoms in total. The molecule has 0 rings (SSSR count). The molecule has 0 saturated carbocycles. The fourth-order valence-corrected chi connectivity index (χ4v) is 1.13. The van der Waals surface area contributed by atoms with Crippen LogP contribution in [0.4, 0.5) is 0 Å². The Morgan fingerprint density at radius 2 is 1.94 bits per heavy atom. The third-order valence-electron chi connectivity index (χ3n) is 2.33. The molecule has 0 radical (unpaired) electrons. The minimum atomic E-state index is -0.423. The van der Waals surface area contributed by atoms with E-state index in [0.717, 1.165) is 17.6 Å². The van der Waals surface area contributed by atoms with E-state index in [1.165, 1.54) is 0 Å². The second-order valence-electron chi connectivity index (χ2n) is 5.16. The molecule has 0 spiro atoms. The summed E-state index contributed by atoms with van der Waals surface area (Å²) in [7, 11) is 0.